The molecule has 1 aliphatic rings. The molecule has 6 nitrogen and oxygen atoms in total. The van der Waals surface area contributed by atoms with Crippen LogP contribution in [0.2, 0.25) is 5.15 Å². The summed E-state index contributed by atoms with van der Waals surface area (Å²) in [6.07, 6.45) is 1.65. The fourth-order valence-electron chi connectivity index (χ4n) is 1.40. The molecule has 1 fully saturated rings. The fraction of sp³-hybridized carbons (Fsp3) is 0.444. The van der Waals surface area contributed by atoms with E-state index in [1.807, 2.05) is 0 Å². The Morgan fingerprint density at radius 2 is 2.31 bits per heavy atom. The molecule has 2 rings (SSSR count). The van der Waals surface area contributed by atoms with Crippen LogP contribution in [0.15, 0.2) is 12.1 Å². The Hall–Kier alpha value is -1.40. The van der Waals surface area contributed by atoms with E-state index in [9.17, 15) is 10.1 Å². The lowest BCUT2D eigenvalue weighted by Crippen LogP contribution is -2.26. The first-order valence-electron chi connectivity index (χ1n) is 4.76. The molecule has 2 N–H and O–H groups in total. The summed E-state index contributed by atoms with van der Waals surface area (Å²) in [6.45, 7) is -0.0189. The number of rotatable bonds is 4. The number of hydrogen-bond acceptors (Lipinski definition) is 5. The number of nitro groups is 1. The number of halogens is 1. The lowest BCUT2D eigenvalue weighted by molar-refractivity contribution is -0.384. The zero-order chi connectivity index (χ0) is 11.8. The number of aliphatic hydroxyl groups excluding tert-OH is 1. The van der Waals surface area contributed by atoms with Gasteiger partial charge < -0.3 is 10.4 Å². The van der Waals surface area contributed by atoms with E-state index in [0.717, 1.165) is 12.8 Å². The number of hydrogen-bond donors (Lipinski definition) is 2. The SMILES string of the molecule is O=[N+]([O-])c1cc(Cl)nc(NC2(CO)CC2)c1. The Morgan fingerprint density at radius 1 is 1.62 bits per heavy atom. The van der Waals surface area contributed by atoms with Crippen LogP contribution in [0, 0.1) is 10.1 Å². The summed E-state index contributed by atoms with van der Waals surface area (Å²) in [4.78, 5) is 14.0. The zero-order valence-corrected chi connectivity index (χ0v) is 9.07. The minimum Gasteiger partial charge on any atom is -0.394 e. The Kier molecular flexibility index (Phi) is 2.69. The number of aliphatic hydroxyl groups is 1. The fourth-order valence-corrected chi connectivity index (χ4v) is 1.60. The van der Waals surface area contributed by atoms with Crippen molar-refractivity contribution >= 4 is 23.1 Å². The lowest BCUT2D eigenvalue weighted by atomic mass is 10.3. The molecular formula is C9H10ClN3O3. The molecule has 0 amide bonds. The minimum absolute atomic E-state index is 0.0189. The Balaban J connectivity index is 2.24. The standard InChI is InChI=1S/C9H10ClN3O3/c10-7-3-6(13(15)16)4-8(11-7)12-9(5-14)1-2-9/h3-4,14H,1-2,5H2,(H,11,12). The Morgan fingerprint density at radius 3 is 2.81 bits per heavy atom. The third-order valence-electron chi connectivity index (χ3n) is 2.54. The smallest absolute Gasteiger partial charge is 0.276 e. The largest absolute Gasteiger partial charge is 0.394 e. The highest BCUT2D eigenvalue weighted by molar-refractivity contribution is 6.29. The van der Waals surface area contributed by atoms with E-state index in [4.69, 9.17) is 16.7 Å². The highest BCUT2D eigenvalue weighted by atomic mass is 35.5. The van der Waals surface area contributed by atoms with E-state index >= 15 is 0 Å². The van der Waals surface area contributed by atoms with Gasteiger partial charge in [0, 0.05) is 0 Å². The van der Waals surface area contributed by atoms with E-state index in [0.29, 0.717) is 5.82 Å². The molecule has 7 heteroatoms. The summed E-state index contributed by atoms with van der Waals surface area (Å²) in [7, 11) is 0. The van der Waals surface area contributed by atoms with Crippen LogP contribution in [-0.2, 0) is 0 Å². The molecule has 1 aromatic rings. The van der Waals surface area contributed by atoms with Gasteiger partial charge in [0.25, 0.3) is 5.69 Å². The van der Waals surface area contributed by atoms with Crippen LogP contribution >= 0.6 is 11.6 Å². The normalized spacial score (nSPS) is 16.9. The van der Waals surface area contributed by atoms with Crippen molar-refractivity contribution in [3.05, 3.63) is 27.4 Å². The lowest BCUT2D eigenvalue weighted by Gasteiger charge is -2.14. The summed E-state index contributed by atoms with van der Waals surface area (Å²) >= 11 is 5.67. The van der Waals surface area contributed by atoms with Crippen LogP contribution in [0.1, 0.15) is 12.8 Å². The van der Waals surface area contributed by atoms with Gasteiger partial charge in [-0.15, -0.1) is 0 Å². The van der Waals surface area contributed by atoms with Crippen molar-refractivity contribution < 1.29 is 10.0 Å². The summed E-state index contributed by atoms with van der Waals surface area (Å²) in [5.41, 5.74) is -0.484. The quantitative estimate of drug-likeness (QED) is 0.476. The summed E-state index contributed by atoms with van der Waals surface area (Å²) < 4.78 is 0. The molecule has 16 heavy (non-hydrogen) atoms. The number of nitrogens with zero attached hydrogens (tertiary/aromatic N) is 2. The van der Waals surface area contributed by atoms with Crippen molar-refractivity contribution in [3.63, 3.8) is 0 Å². The molecule has 86 valence electrons. The Bertz CT molecular complexity index is 434. The molecule has 0 bridgehead atoms. The van der Waals surface area contributed by atoms with E-state index in [-0.39, 0.29) is 23.0 Å². The van der Waals surface area contributed by atoms with Gasteiger partial charge in [0.1, 0.15) is 11.0 Å². The van der Waals surface area contributed by atoms with Gasteiger partial charge in [-0.3, -0.25) is 10.1 Å². The van der Waals surface area contributed by atoms with Gasteiger partial charge in [0.15, 0.2) is 0 Å². The first-order valence-corrected chi connectivity index (χ1v) is 5.13. The van der Waals surface area contributed by atoms with Crippen molar-refractivity contribution in [2.24, 2.45) is 0 Å². The molecule has 0 spiro atoms. The van der Waals surface area contributed by atoms with Crippen LogP contribution in [0.3, 0.4) is 0 Å². The maximum atomic E-state index is 10.6. The topological polar surface area (TPSA) is 88.3 Å². The third-order valence-corrected chi connectivity index (χ3v) is 2.73. The molecule has 1 aromatic heterocycles. The molecule has 0 aromatic carbocycles. The summed E-state index contributed by atoms with van der Waals surface area (Å²) in [5.74, 6) is 0.325. The number of aromatic nitrogens is 1. The minimum atomic E-state index is -0.530. The second-order valence-corrected chi connectivity index (χ2v) is 4.24. The van der Waals surface area contributed by atoms with Crippen LogP contribution in [-0.4, -0.2) is 27.2 Å². The van der Waals surface area contributed by atoms with Crippen molar-refractivity contribution in [2.45, 2.75) is 18.4 Å². The second-order valence-electron chi connectivity index (χ2n) is 3.85. The summed E-state index contributed by atoms with van der Waals surface area (Å²) in [5, 5.41) is 22.7. The summed E-state index contributed by atoms with van der Waals surface area (Å²) in [6, 6.07) is 2.49. The first kappa shape index (κ1) is 11.1. The van der Waals surface area contributed by atoms with Gasteiger partial charge in [-0.2, -0.15) is 0 Å². The monoisotopic (exact) mass is 243 g/mol. The van der Waals surface area contributed by atoms with Gasteiger partial charge in [0.05, 0.1) is 29.2 Å². The molecule has 1 saturated carbocycles. The van der Waals surface area contributed by atoms with Gasteiger partial charge in [-0.25, -0.2) is 4.98 Å². The molecule has 0 saturated heterocycles. The molecule has 0 aliphatic heterocycles. The van der Waals surface area contributed by atoms with Crippen molar-refractivity contribution in [1.82, 2.24) is 4.98 Å². The molecule has 1 aliphatic carbocycles. The van der Waals surface area contributed by atoms with Crippen molar-refractivity contribution in [2.75, 3.05) is 11.9 Å². The van der Waals surface area contributed by atoms with Crippen LogP contribution in [0.4, 0.5) is 11.5 Å². The number of pyridine rings is 1. The number of anilines is 1. The van der Waals surface area contributed by atoms with Crippen molar-refractivity contribution in [1.29, 1.82) is 0 Å². The maximum Gasteiger partial charge on any atom is 0.276 e. The van der Waals surface area contributed by atoms with Gasteiger partial charge in [-0.05, 0) is 12.8 Å². The predicted molar refractivity (Wildman–Crippen MR) is 58.6 cm³/mol. The van der Waals surface area contributed by atoms with Crippen LogP contribution in [0.5, 0.6) is 0 Å². The molecule has 0 radical (unpaired) electrons. The molecule has 1 heterocycles. The van der Waals surface area contributed by atoms with Gasteiger partial charge in [0.2, 0.25) is 0 Å². The average Bonchev–Trinajstić information content (AvgIpc) is 2.97. The molecule has 0 unspecified atom stereocenters. The predicted octanol–water partition coefficient (Wildman–Crippen LogP) is 1.58. The van der Waals surface area contributed by atoms with E-state index < -0.39 is 4.92 Å². The van der Waals surface area contributed by atoms with Crippen molar-refractivity contribution in [3.8, 4) is 0 Å². The van der Waals surface area contributed by atoms with E-state index in [2.05, 4.69) is 10.3 Å². The van der Waals surface area contributed by atoms with E-state index in [1.54, 1.807) is 0 Å². The van der Waals surface area contributed by atoms with Crippen LogP contribution in [0.25, 0.3) is 0 Å². The zero-order valence-electron chi connectivity index (χ0n) is 8.31. The van der Waals surface area contributed by atoms with E-state index in [1.165, 1.54) is 12.1 Å². The van der Waals surface area contributed by atoms with Gasteiger partial charge in [-0.1, -0.05) is 11.6 Å². The molecular weight excluding hydrogens is 234 g/mol. The maximum absolute atomic E-state index is 10.6. The van der Waals surface area contributed by atoms with Crippen LogP contribution < -0.4 is 5.32 Å². The van der Waals surface area contributed by atoms with Gasteiger partial charge >= 0.3 is 0 Å². The average molecular weight is 244 g/mol. The second kappa shape index (κ2) is 3.88. The number of nitrogens with one attached hydrogen (secondary N) is 1. The third kappa shape index (κ3) is 2.23. The Labute approximate surface area is 96.4 Å². The highest BCUT2D eigenvalue weighted by Crippen LogP contribution is 2.38. The highest BCUT2D eigenvalue weighted by Gasteiger charge is 2.42. The molecule has 0 atom stereocenters. The first-order chi connectivity index (χ1) is 7.54.